The number of ether oxygens (including phenoxy) is 2. The molecule has 1 aliphatic rings. The molecule has 2 aromatic carbocycles. The van der Waals surface area contributed by atoms with Gasteiger partial charge < -0.3 is 19.7 Å². The molecule has 0 atom stereocenters. The highest BCUT2D eigenvalue weighted by molar-refractivity contribution is 6.01. The Balaban J connectivity index is 1.72. The number of pyridine rings is 1. The molecule has 4 rings (SSSR count). The van der Waals surface area contributed by atoms with Crippen LogP contribution in [0.25, 0.3) is 10.9 Å². The molecule has 0 saturated carbocycles. The van der Waals surface area contributed by atoms with Gasteiger partial charge in [0.05, 0.1) is 30.5 Å². The summed E-state index contributed by atoms with van der Waals surface area (Å²) in [7, 11) is 1.61. The second-order valence-corrected chi connectivity index (χ2v) is 8.34. The van der Waals surface area contributed by atoms with Crippen LogP contribution in [-0.2, 0) is 4.74 Å². The Hall–Kier alpha value is -3.61. The number of rotatable bonds is 6. The van der Waals surface area contributed by atoms with E-state index in [1.807, 2.05) is 29.2 Å². The van der Waals surface area contributed by atoms with Crippen molar-refractivity contribution in [3.63, 3.8) is 0 Å². The molecule has 0 spiro atoms. The highest BCUT2D eigenvalue weighted by atomic mass is 16.5. The van der Waals surface area contributed by atoms with Gasteiger partial charge in [0.15, 0.2) is 0 Å². The van der Waals surface area contributed by atoms with Gasteiger partial charge in [-0.15, -0.1) is 0 Å². The zero-order valence-corrected chi connectivity index (χ0v) is 19.3. The number of amides is 1. The first-order valence-electron chi connectivity index (χ1n) is 11.3. The highest BCUT2D eigenvalue weighted by Gasteiger charge is 2.23. The summed E-state index contributed by atoms with van der Waals surface area (Å²) in [4.78, 5) is 31.9. The molecule has 0 bridgehead atoms. The van der Waals surface area contributed by atoms with E-state index in [2.05, 4.69) is 17.2 Å². The monoisotopic (exact) mass is 447 g/mol. The predicted octanol–water partition coefficient (Wildman–Crippen LogP) is 5.04. The van der Waals surface area contributed by atoms with Gasteiger partial charge in [-0.3, -0.25) is 4.79 Å². The first kappa shape index (κ1) is 22.6. The largest absolute Gasteiger partial charge is 0.497 e. The van der Waals surface area contributed by atoms with Gasteiger partial charge in [-0.05, 0) is 68.1 Å². The van der Waals surface area contributed by atoms with Crippen LogP contribution in [0.1, 0.15) is 47.5 Å². The molecular weight excluding hydrogens is 418 g/mol. The number of carbonyl (C=O) groups is 2. The Morgan fingerprint density at radius 1 is 1.12 bits per heavy atom. The Morgan fingerprint density at radius 3 is 2.64 bits per heavy atom. The van der Waals surface area contributed by atoms with E-state index < -0.39 is 0 Å². The SMILES string of the molecule is CCOC(=O)c1cccc(Nc2cc(C(=O)N3CCC(C)CC3)nc3ccc(OC)cc23)c1. The van der Waals surface area contributed by atoms with Crippen molar-refractivity contribution in [1.29, 1.82) is 0 Å². The fourth-order valence-corrected chi connectivity index (χ4v) is 4.01. The first-order chi connectivity index (χ1) is 16.0. The predicted molar refractivity (Wildman–Crippen MR) is 128 cm³/mol. The molecule has 2 heterocycles. The van der Waals surface area contributed by atoms with Crippen molar-refractivity contribution in [3.05, 3.63) is 59.8 Å². The van der Waals surface area contributed by atoms with E-state index >= 15 is 0 Å². The average Bonchev–Trinajstić information content (AvgIpc) is 2.84. The van der Waals surface area contributed by atoms with Crippen molar-refractivity contribution in [1.82, 2.24) is 9.88 Å². The quantitative estimate of drug-likeness (QED) is 0.534. The number of anilines is 2. The summed E-state index contributed by atoms with van der Waals surface area (Å²) in [6.45, 7) is 5.79. The van der Waals surface area contributed by atoms with Crippen LogP contribution in [0.5, 0.6) is 5.75 Å². The number of carbonyl (C=O) groups excluding carboxylic acids is 2. The van der Waals surface area contributed by atoms with Crippen LogP contribution >= 0.6 is 0 Å². The number of piperidine rings is 1. The zero-order valence-electron chi connectivity index (χ0n) is 19.3. The first-order valence-corrected chi connectivity index (χ1v) is 11.3. The van der Waals surface area contributed by atoms with Crippen LogP contribution in [-0.4, -0.2) is 48.6 Å². The van der Waals surface area contributed by atoms with E-state index in [-0.39, 0.29) is 11.9 Å². The lowest BCUT2D eigenvalue weighted by atomic mass is 9.99. The lowest BCUT2D eigenvalue weighted by Crippen LogP contribution is -2.38. The topological polar surface area (TPSA) is 80.8 Å². The molecule has 3 aromatic rings. The fourth-order valence-electron chi connectivity index (χ4n) is 4.01. The molecule has 1 N–H and O–H groups in total. The van der Waals surface area contributed by atoms with Crippen LogP contribution in [0, 0.1) is 5.92 Å². The van der Waals surface area contributed by atoms with Gasteiger partial charge in [0, 0.05) is 24.2 Å². The van der Waals surface area contributed by atoms with Gasteiger partial charge in [0.1, 0.15) is 11.4 Å². The average molecular weight is 448 g/mol. The van der Waals surface area contributed by atoms with Crippen molar-refractivity contribution < 1.29 is 19.1 Å². The van der Waals surface area contributed by atoms with Gasteiger partial charge in [0.25, 0.3) is 5.91 Å². The summed E-state index contributed by atoms with van der Waals surface area (Å²) in [6.07, 6.45) is 2.00. The summed E-state index contributed by atoms with van der Waals surface area (Å²) >= 11 is 0. The van der Waals surface area contributed by atoms with Gasteiger partial charge >= 0.3 is 5.97 Å². The standard InChI is InChI=1S/C26H29N3O4/c1-4-33-26(31)18-6-5-7-19(14-18)27-23-16-24(25(30)29-12-10-17(2)11-13-29)28-22-9-8-20(32-3)15-21(22)23/h5-9,14-17H,4,10-13H2,1-3H3,(H,27,28). The number of esters is 1. The molecule has 0 aliphatic carbocycles. The van der Waals surface area contributed by atoms with Crippen LogP contribution in [0.4, 0.5) is 11.4 Å². The van der Waals surface area contributed by atoms with Gasteiger partial charge in [-0.1, -0.05) is 13.0 Å². The molecule has 7 heteroatoms. The van der Waals surface area contributed by atoms with Crippen molar-refractivity contribution in [3.8, 4) is 5.75 Å². The van der Waals surface area contributed by atoms with E-state index in [0.29, 0.717) is 46.4 Å². The molecule has 1 fully saturated rings. The van der Waals surface area contributed by atoms with E-state index in [0.717, 1.165) is 31.3 Å². The number of nitrogens with one attached hydrogen (secondary N) is 1. The Kier molecular flexibility index (Phi) is 6.77. The molecule has 1 saturated heterocycles. The van der Waals surface area contributed by atoms with E-state index in [9.17, 15) is 9.59 Å². The Labute approximate surface area is 193 Å². The maximum atomic E-state index is 13.2. The summed E-state index contributed by atoms with van der Waals surface area (Å²) in [5.74, 6) is 0.882. The highest BCUT2D eigenvalue weighted by Crippen LogP contribution is 2.31. The molecule has 172 valence electrons. The van der Waals surface area contributed by atoms with Crippen molar-refractivity contribution in [2.75, 3.05) is 32.1 Å². The second-order valence-electron chi connectivity index (χ2n) is 8.34. The lowest BCUT2D eigenvalue weighted by molar-refractivity contribution is 0.0526. The number of methoxy groups -OCH3 is 1. The number of hydrogen-bond donors (Lipinski definition) is 1. The van der Waals surface area contributed by atoms with Gasteiger partial charge in [0.2, 0.25) is 0 Å². The van der Waals surface area contributed by atoms with E-state index in [1.165, 1.54) is 0 Å². The number of aromatic nitrogens is 1. The minimum Gasteiger partial charge on any atom is -0.497 e. The lowest BCUT2D eigenvalue weighted by Gasteiger charge is -2.30. The van der Waals surface area contributed by atoms with Crippen molar-refractivity contribution in [2.45, 2.75) is 26.7 Å². The maximum absolute atomic E-state index is 13.2. The third kappa shape index (κ3) is 5.08. The molecular formula is C26H29N3O4. The van der Waals surface area contributed by atoms with E-state index in [1.54, 1.807) is 38.3 Å². The smallest absolute Gasteiger partial charge is 0.338 e. The zero-order chi connectivity index (χ0) is 23.4. The molecule has 7 nitrogen and oxygen atoms in total. The van der Waals surface area contributed by atoms with Crippen LogP contribution in [0.3, 0.4) is 0 Å². The number of fused-ring (bicyclic) bond motifs is 1. The molecule has 1 aromatic heterocycles. The summed E-state index contributed by atoms with van der Waals surface area (Å²) in [6, 6.07) is 14.4. The van der Waals surface area contributed by atoms with E-state index in [4.69, 9.17) is 9.47 Å². The normalized spacial score (nSPS) is 14.2. The molecule has 0 radical (unpaired) electrons. The summed E-state index contributed by atoms with van der Waals surface area (Å²) in [5.41, 5.74) is 2.97. The van der Waals surface area contributed by atoms with Crippen LogP contribution < -0.4 is 10.1 Å². The molecule has 1 aliphatic heterocycles. The Morgan fingerprint density at radius 2 is 1.91 bits per heavy atom. The number of benzene rings is 2. The number of likely N-dealkylation sites (tertiary alicyclic amines) is 1. The molecule has 0 unspecified atom stereocenters. The van der Waals surface area contributed by atoms with Crippen molar-refractivity contribution in [2.24, 2.45) is 5.92 Å². The fraction of sp³-hybridized carbons (Fsp3) is 0.346. The third-order valence-electron chi connectivity index (χ3n) is 5.96. The molecule has 1 amide bonds. The van der Waals surface area contributed by atoms with Crippen LogP contribution in [0.15, 0.2) is 48.5 Å². The number of nitrogens with zero attached hydrogens (tertiary/aromatic N) is 2. The maximum Gasteiger partial charge on any atom is 0.338 e. The second kappa shape index (κ2) is 9.90. The summed E-state index contributed by atoms with van der Waals surface area (Å²) in [5, 5.41) is 4.19. The van der Waals surface area contributed by atoms with Crippen LogP contribution in [0.2, 0.25) is 0 Å². The third-order valence-corrected chi connectivity index (χ3v) is 5.96. The minimum absolute atomic E-state index is 0.0667. The van der Waals surface area contributed by atoms with Crippen molar-refractivity contribution >= 4 is 34.2 Å². The number of hydrogen-bond acceptors (Lipinski definition) is 6. The summed E-state index contributed by atoms with van der Waals surface area (Å²) < 4.78 is 10.5. The van der Waals surface area contributed by atoms with Gasteiger partial charge in [-0.2, -0.15) is 0 Å². The van der Waals surface area contributed by atoms with Gasteiger partial charge in [-0.25, -0.2) is 9.78 Å². The Bertz CT molecular complexity index is 1170. The minimum atomic E-state index is -0.377. The molecule has 33 heavy (non-hydrogen) atoms.